The molecule has 2 rings (SSSR count). The summed E-state index contributed by atoms with van der Waals surface area (Å²) in [6.45, 7) is 0.374. The molecule has 1 aromatic heterocycles. The highest BCUT2D eigenvalue weighted by molar-refractivity contribution is 5.92. The lowest BCUT2D eigenvalue weighted by Gasteiger charge is -2.05. The zero-order valence-corrected chi connectivity index (χ0v) is 10.2. The number of nitrogens with one attached hydrogen (secondary N) is 2. The summed E-state index contributed by atoms with van der Waals surface area (Å²) in [5.41, 5.74) is 0.700. The van der Waals surface area contributed by atoms with Crippen molar-refractivity contribution in [3.8, 4) is 0 Å². The minimum absolute atomic E-state index is 0.215. The molecule has 19 heavy (non-hydrogen) atoms. The number of halogens is 1. The van der Waals surface area contributed by atoms with Gasteiger partial charge in [0.05, 0.1) is 0 Å². The average Bonchev–Trinajstić information content (AvgIpc) is 2.38. The van der Waals surface area contributed by atoms with E-state index in [-0.39, 0.29) is 23.0 Å². The first-order chi connectivity index (χ1) is 9.15. The Morgan fingerprint density at radius 2 is 2.00 bits per heavy atom. The second-order valence-corrected chi connectivity index (χ2v) is 4.06. The number of aromatic nitrogens is 1. The molecule has 4 nitrogen and oxygen atoms in total. The highest BCUT2D eigenvalue weighted by atomic mass is 19.1. The minimum Gasteiger partial charge on any atom is -0.350 e. The van der Waals surface area contributed by atoms with Gasteiger partial charge in [-0.05, 0) is 30.2 Å². The van der Waals surface area contributed by atoms with Crippen LogP contribution in [0.1, 0.15) is 16.1 Å². The maximum atomic E-state index is 12.9. The SMILES string of the molecule is O=C(NCCc1cccc(F)c1)c1cccc(=O)[nH]1. The fraction of sp³-hybridized carbons (Fsp3) is 0.143. The van der Waals surface area contributed by atoms with E-state index in [2.05, 4.69) is 10.3 Å². The van der Waals surface area contributed by atoms with Crippen molar-refractivity contribution in [2.75, 3.05) is 6.54 Å². The summed E-state index contributed by atoms with van der Waals surface area (Å²) in [4.78, 5) is 25.2. The lowest BCUT2D eigenvalue weighted by Crippen LogP contribution is -2.28. The van der Waals surface area contributed by atoms with E-state index in [1.165, 1.54) is 30.3 Å². The molecule has 98 valence electrons. The molecular formula is C14H13FN2O2. The van der Waals surface area contributed by atoms with Crippen molar-refractivity contribution >= 4 is 5.91 Å². The molecule has 0 saturated carbocycles. The van der Waals surface area contributed by atoms with Crippen LogP contribution in [0.5, 0.6) is 0 Å². The van der Waals surface area contributed by atoms with E-state index >= 15 is 0 Å². The standard InChI is InChI=1S/C14H13FN2O2/c15-11-4-1-3-10(9-11)7-8-16-14(19)12-5-2-6-13(18)17-12/h1-6,9H,7-8H2,(H,16,19)(H,17,18). The van der Waals surface area contributed by atoms with E-state index < -0.39 is 0 Å². The molecule has 0 aliphatic carbocycles. The number of benzene rings is 1. The zero-order chi connectivity index (χ0) is 13.7. The van der Waals surface area contributed by atoms with Gasteiger partial charge in [0, 0.05) is 12.6 Å². The van der Waals surface area contributed by atoms with Crippen molar-refractivity contribution in [3.05, 3.63) is 69.9 Å². The fourth-order valence-electron chi connectivity index (χ4n) is 1.69. The molecule has 0 spiro atoms. The Morgan fingerprint density at radius 1 is 1.21 bits per heavy atom. The van der Waals surface area contributed by atoms with Crippen molar-refractivity contribution < 1.29 is 9.18 Å². The molecular weight excluding hydrogens is 247 g/mol. The molecule has 0 aliphatic heterocycles. The largest absolute Gasteiger partial charge is 0.350 e. The molecule has 0 unspecified atom stereocenters. The quantitative estimate of drug-likeness (QED) is 0.874. The fourth-order valence-corrected chi connectivity index (χ4v) is 1.69. The van der Waals surface area contributed by atoms with Crippen molar-refractivity contribution in [2.24, 2.45) is 0 Å². The third-order valence-corrected chi connectivity index (χ3v) is 2.60. The van der Waals surface area contributed by atoms with Gasteiger partial charge in [-0.2, -0.15) is 0 Å². The van der Waals surface area contributed by atoms with Gasteiger partial charge in [-0.15, -0.1) is 0 Å². The van der Waals surface area contributed by atoms with Gasteiger partial charge in [0.2, 0.25) is 5.56 Å². The Hall–Kier alpha value is -2.43. The number of carbonyl (C=O) groups is 1. The van der Waals surface area contributed by atoms with Gasteiger partial charge in [0.25, 0.3) is 5.91 Å². The highest BCUT2D eigenvalue weighted by Crippen LogP contribution is 2.03. The van der Waals surface area contributed by atoms with Gasteiger partial charge in [0.1, 0.15) is 11.5 Å². The number of hydrogen-bond acceptors (Lipinski definition) is 2. The van der Waals surface area contributed by atoms with E-state index in [4.69, 9.17) is 0 Å². The maximum Gasteiger partial charge on any atom is 0.267 e. The number of carbonyl (C=O) groups excluding carboxylic acids is 1. The van der Waals surface area contributed by atoms with Gasteiger partial charge in [-0.1, -0.05) is 18.2 Å². The lowest BCUT2D eigenvalue weighted by atomic mass is 10.1. The maximum absolute atomic E-state index is 12.9. The van der Waals surface area contributed by atoms with Crippen LogP contribution >= 0.6 is 0 Å². The molecule has 0 radical (unpaired) electrons. The van der Waals surface area contributed by atoms with Crippen molar-refractivity contribution in [1.82, 2.24) is 10.3 Å². The lowest BCUT2D eigenvalue weighted by molar-refractivity contribution is 0.0949. The van der Waals surface area contributed by atoms with E-state index in [0.29, 0.717) is 13.0 Å². The van der Waals surface area contributed by atoms with Crippen LogP contribution in [0.2, 0.25) is 0 Å². The highest BCUT2D eigenvalue weighted by Gasteiger charge is 2.05. The van der Waals surface area contributed by atoms with Crippen LogP contribution in [0.25, 0.3) is 0 Å². The zero-order valence-electron chi connectivity index (χ0n) is 10.2. The molecule has 0 aliphatic rings. The summed E-state index contributed by atoms with van der Waals surface area (Å²) in [7, 11) is 0. The smallest absolute Gasteiger partial charge is 0.267 e. The van der Waals surface area contributed by atoms with Crippen molar-refractivity contribution in [1.29, 1.82) is 0 Å². The van der Waals surface area contributed by atoms with Crippen LogP contribution in [0, 0.1) is 5.82 Å². The number of aromatic amines is 1. The van der Waals surface area contributed by atoms with Gasteiger partial charge in [-0.25, -0.2) is 4.39 Å². The predicted molar refractivity (Wildman–Crippen MR) is 69.5 cm³/mol. The number of amides is 1. The first kappa shape index (κ1) is 13.0. The van der Waals surface area contributed by atoms with Gasteiger partial charge in [-0.3, -0.25) is 9.59 Å². The monoisotopic (exact) mass is 260 g/mol. The molecule has 0 saturated heterocycles. The second kappa shape index (κ2) is 5.95. The molecule has 5 heteroatoms. The third-order valence-electron chi connectivity index (χ3n) is 2.60. The van der Waals surface area contributed by atoms with E-state index in [9.17, 15) is 14.0 Å². The van der Waals surface area contributed by atoms with Crippen LogP contribution in [-0.4, -0.2) is 17.4 Å². The second-order valence-electron chi connectivity index (χ2n) is 4.06. The normalized spacial score (nSPS) is 10.2. The van der Waals surface area contributed by atoms with Gasteiger partial charge >= 0.3 is 0 Å². The van der Waals surface area contributed by atoms with Crippen LogP contribution in [0.15, 0.2) is 47.3 Å². The summed E-state index contributed by atoms with van der Waals surface area (Å²) in [6.07, 6.45) is 0.528. The van der Waals surface area contributed by atoms with Gasteiger partial charge < -0.3 is 10.3 Å². The van der Waals surface area contributed by atoms with E-state index in [1.54, 1.807) is 12.1 Å². The van der Waals surface area contributed by atoms with Gasteiger partial charge in [0.15, 0.2) is 0 Å². The molecule has 1 aromatic carbocycles. The Morgan fingerprint density at radius 3 is 2.74 bits per heavy atom. The first-order valence-electron chi connectivity index (χ1n) is 5.87. The average molecular weight is 260 g/mol. The summed E-state index contributed by atoms with van der Waals surface area (Å²) < 4.78 is 12.9. The Labute approximate surface area is 109 Å². The summed E-state index contributed by atoms with van der Waals surface area (Å²) in [5, 5.41) is 2.66. The number of pyridine rings is 1. The Kier molecular flexibility index (Phi) is 4.07. The van der Waals surface area contributed by atoms with Crippen LogP contribution in [0.4, 0.5) is 4.39 Å². The van der Waals surface area contributed by atoms with Crippen LogP contribution < -0.4 is 10.9 Å². The van der Waals surface area contributed by atoms with Crippen molar-refractivity contribution in [3.63, 3.8) is 0 Å². The first-order valence-corrected chi connectivity index (χ1v) is 5.87. The molecule has 1 heterocycles. The third kappa shape index (κ3) is 3.77. The molecule has 0 bridgehead atoms. The summed E-state index contributed by atoms with van der Waals surface area (Å²) in [5.74, 6) is -0.648. The van der Waals surface area contributed by atoms with Crippen LogP contribution in [0.3, 0.4) is 0 Å². The molecule has 0 atom stereocenters. The molecule has 1 amide bonds. The Bertz CT molecular complexity index is 637. The number of hydrogen-bond donors (Lipinski definition) is 2. The van der Waals surface area contributed by atoms with Crippen molar-refractivity contribution in [2.45, 2.75) is 6.42 Å². The van der Waals surface area contributed by atoms with Crippen LogP contribution in [-0.2, 0) is 6.42 Å². The topological polar surface area (TPSA) is 62.0 Å². The predicted octanol–water partition coefficient (Wildman–Crippen LogP) is 1.49. The number of rotatable bonds is 4. The number of H-pyrrole nitrogens is 1. The summed E-state index contributed by atoms with van der Waals surface area (Å²) >= 11 is 0. The van der Waals surface area contributed by atoms with E-state index in [1.807, 2.05) is 0 Å². The summed E-state index contributed by atoms with van der Waals surface area (Å²) in [6, 6.07) is 10.6. The minimum atomic E-state index is -0.353. The van der Waals surface area contributed by atoms with E-state index in [0.717, 1.165) is 5.56 Å². The Balaban J connectivity index is 1.89. The molecule has 2 N–H and O–H groups in total. The molecule has 2 aromatic rings. The molecule has 0 fully saturated rings.